The third-order valence-corrected chi connectivity index (χ3v) is 7.96. The second-order valence-electron chi connectivity index (χ2n) is 7.49. The van der Waals surface area contributed by atoms with Crippen LogP contribution in [0.5, 0.6) is 0 Å². The van der Waals surface area contributed by atoms with Gasteiger partial charge in [-0.1, -0.05) is 23.4 Å². The summed E-state index contributed by atoms with van der Waals surface area (Å²) in [6, 6.07) is 12.3. The highest BCUT2D eigenvalue weighted by Crippen LogP contribution is 2.31. The molecule has 0 spiro atoms. The summed E-state index contributed by atoms with van der Waals surface area (Å²) >= 11 is 1.57. The fourth-order valence-electron chi connectivity index (χ4n) is 3.34. The summed E-state index contributed by atoms with van der Waals surface area (Å²) in [5, 5.41) is 7.34. The first kappa shape index (κ1) is 22.1. The summed E-state index contributed by atoms with van der Waals surface area (Å²) < 4.78 is 31.8. The number of aryl methyl sites for hydroxylation is 2. The highest BCUT2D eigenvalue weighted by molar-refractivity contribution is 7.89. The number of rotatable bonds is 6. The quantitative estimate of drug-likeness (QED) is 0.460. The van der Waals surface area contributed by atoms with Gasteiger partial charge in [-0.25, -0.2) is 17.7 Å². The van der Waals surface area contributed by atoms with Gasteiger partial charge < -0.3 is 9.84 Å². The van der Waals surface area contributed by atoms with Gasteiger partial charge in [0.2, 0.25) is 10.0 Å². The Balaban J connectivity index is 1.69. The van der Waals surface area contributed by atoms with Crippen LogP contribution in [0.4, 0.5) is 0 Å². The molecule has 0 atom stereocenters. The third kappa shape index (κ3) is 4.04. The third-order valence-electron chi connectivity index (χ3n) is 5.03. The first-order valence-electron chi connectivity index (χ1n) is 9.81. The standard InChI is InChI=1S/C22H22N4O4S2/c1-13-9-10-18(31-13)17-11-16(20-14(2)25-30-22(20)24-17)21(27)23-12-15-7-5-6-8-19(15)32(28,29)26(3)4/h5-11H,12H2,1-4H3,(H,23,27). The molecule has 3 heterocycles. The van der Waals surface area contributed by atoms with E-state index in [9.17, 15) is 13.2 Å². The zero-order valence-corrected chi connectivity index (χ0v) is 19.7. The molecule has 8 nitrogen and oxygen atoms in total. The van der Waals surface area contributed by atoms with E-state index in [0.29, 0.717) is 27.9 Å². The Hall–Kier alpha value is -3.08. The summed E-state index contributed by atoms with van der Waals surface area (Å²) in [7, 11) is -0.698. The number of sulfonamides is 1. The normalized spacial score (nSPS) is 11.9. The van der Waals surface area contributed by atoms with Gasteiger partial charge in [-0.05, 0) is 43.7 Å². The lowest BCUT2D eigenvalue weighted by atomic mass is 10.1. The highest BCUT2D eigenvalue weighted by atomic mass is 32.2. The molecule has 0 bridgehead atoms. The van der Waals surface area contributed by atoms with Crippen molar-refractivity contribution in [2.24, 2.45) is 0 Å². The molecule has 0 saturated carbocycles. The smallest absolute Gasteiger partial charge is 0.259 e. The lowest BCUT2D eigenvalue weighted by molar-refractivity contribution is 0.0952. The number of amides is 1. The molecule has 1 amide bonds. The molecule has 0 aliphatic rings. The van der Waals surface area contributed by atoms with Gasteiger partial charge in [-0.15, -0.1) is 11.3 Å². The number of benzene rings is 1. The van der Waals surface area contributed by atoms with E-state index in [2.05, 4.69) is 15.5 Å². The molecule has 1 N–H and O–H groups in total. The number of pyridine rings is 1. The Morgan fingerprint density at radius 1 is 1.16 bits per heavy atom. The molecule has 0 unspecified atom stereocenters. The van der Waals surface area contributed by atoms with Crippen molar-refractivity contribution in [1.29, 1.82) is 0 Å². The van der Waals surface area contributed by atoms with E-state index in [1.54, 1.807) is 42.5 Å². The van der Waals surface area contributed by atoms with Gasteiger partial charge in [-0.2, -0.15) is 0 Å². The minimum Gasteiger partial charge on any atom is -0.348 e. The molecule has 3 aromatic heterocycles. The molecule has 4 aromatic rings. The molecule has 4 rings (SSSR count). The minimum absolute atomic E-state index is 0.0453. The summed E-state index contributed by atoms with van der Waals surface area (Å²) in [6.07, 6.45) is 0. The van der Waals surface area contributed by atoms with Gasteiger partial charge in [0, 0.05) is 25.5 Å². The van der Waals surface area contributed by atoms with E-state index >= 15 is 0 Å². The van der Waals surface area contributed by atoms with Gasteiger partial charge in [0.15, 0.2) is 0 Å². The summed E-state index contributed by atoms with van der Waals surface area (Å²) in [5.41, 5.74) is 2.33. The highest BCUT2D eigenvalue weighted by Gasteiger charge is 2.23. The molecule has 1 aromatic carbocycles. The maximum Gasteiger partial charge on any atom is 0.259 e. The van der Waals surface area contributed by atoms with E-state index in [1.807, 2.05) is 19.1 Å². The van der Waals surface area contributed by atoms with Crippen LogP contribution in [0.15, 0.2) is 51.9 Å². The van der Waals surface area contributed by atoms with Crippen molar-refractivity contribution in [2.45, 2.75) is 25.3 Å². The van der Waals surface area contributed by atoms with Gasteiger partial charge in [0.05, 0.1) is 32.1 Å². The molecule has 0 radical (unpaired) electrons. The van der Waals surface area contributed by atoms with E-state index in [4.69, 9.17) is 4.52 Å². The number of hydrogen-bond donors (Lipinski definition) is 1. The zero-order chi connectivity index (χ0) is 23.0. The molecule has 32 heavy (non-hydrogen) atoms. The topological polar surface area (TPSA) is 105 Å². The van der Waals surface area contributed by atoms with Crippen molar-refractivity contribution in [3.63, 3.8) is 0 Å². The fraction of sp³-hybridized carbons (Fsp3) is 0.227. The number of fused-ring (bicyclic) bond motifs is 1. The molecule has 0 fully saturated rings. The number of nitrogens with one attached hydrogen (secondary N) is 1. The Bertz CT molecular complexity index is 1420. The van der Waals surface area contributed by atoms with Crippen LogP contribution in [0.3, 0.4) is 0 Å². The monoisotopic (exact) mass is 470 g/mol. The number of nitrogens with zero attached hydrogens (tertiary/aromatic N) is 3. The Morgan fingerprint density at radius 2 is 1.91 bits per heavy atom. The number of carbonyl (C=O) groups excluding carboxylic acids is 1. The van der Waals surface area contributed by atoms with Crippen LogP contribution in [0, 0.1) is 13.8 Å². The second kappa shape index (κ2) is 8.45. The predicted octanol–water partition coefficient (Wildman–Crippen LogP) is 3.75. The Morgan fingerprint density at radius 3 is 2.59 bits per heavy atom. The lowest BCUT2D eigenvalue weighted by Crippen LogP contribution is -2.27. The fourth-order valence-corrected chi connectivity index (χ4v) is 5.28. The van der Waals surface area contributed by atoms with Crippen LogP contribution in [0.25, 0.3) is 21.7 Å². The van der Waals surface area contributed by atoms with E-state index in [1.165, 1.54) is 20.2 Å². The number of hydrogen-bond acceptors (Lipinski definition) is 7. The van der Waals surface area contributed by atoms with Crippen molar-refractivity contribution in [2.75, 3.05) is 14.1 Å². The largest absolute Gasteiger partial charge is 0.348 e. The average Bonchev–Trinajstić information content (AvgIpc) is 3.37. The molecule has 0 aliphatic heterocycles. The first-order valence-corrected chi connectivity index (χ1v) is 12.1. The molecule has 0 aliphatic carbocycles. The number of carbonyl (C=O) groups is 1. The molecule has 166 valence electrons. The second-order valence-corrected chi connectivity index (χ2v) is 10.9. The van der Waals surface area contributed by atoms with E-state index in [-0.39, 0.29) is 23.1 Å². The van der Waals surface area contributed by atoms with Gasteiger partial charge >= 0.3 is 0 Å². The van der Waals surface area contributed by atoms with Crippen LogP contribution in [0.1, 0.15) is 26.5 Å². The molecule has 0 saturated heterocycles. The SMILES string of the molecule is Cc1ccc(-c2cc(C(=O)NCc3ccccc3S(=O)(=O)N(C)C)c3c(C)noc3n2)s1. The maximum atomic E-state index is 13.2. The number of thiophene rings is 1. The van der Waals surface area contributed by atoms with Crippen LogP contribution in [-0.4, -0.2) is 42.9 Å². The number of aromatic nitrogens is 2. The van der Waals surface area contributed by atoms with Crippen LogP contribution < -0.4 is 5.32 Å². The molecular formula is C22H22N4O4S2. The molecule has 10 heteroatoms. The van der Waals surface area contributed by atoms with E-state index < -0.39 is 10.0 Å². The zero-order valence-electron chi connectivity index (χ0n) is 18.0. The molecular weight excluding hydrogens is 448 g/mol. The van der Waals surface area contributed by atoms with Crippen molar-refractivity contribution in [3.05, 3.63) is 64.2 Å². The van der Waals surface area contributed by atoms with Crippen LogP contribution in [-0.2, 0) is 16.6 Å². The van der Waals surface area contributed by atoms with E-state index in [0.717, 1.165) is 14.1 Å². The van der Waals surface area contributed by atoms with Gasteiger partial charge in [0.1, 0.15) is 0 Å². The van der Waals surface area contributed by atoms with Crippen molar-refractivity contribution >= 4 is 38.4 Å². The summed E-state index contributed by atoms with van der Waals surface area (Å²) in [4.78, 5) is 19.9. The van der Waals surface area contributed by atoms with Crippen molar-refractivity contribution in [1.82, 2.24) is 19.8 Å². The summed E-state index contributed by atoms with van der Waals surface area (Å²) in [5.74, 6) is -0.365. The lowest BCUT2D eigenvalue weighted by Gasteiger charge is -2.15. The maximum absolute atomic E-state index is 13.2. The van der Waals surface area contributed by atoms with Crippen molar-refractivity contribution in [3.8, 4) is 10.6 Å². The Kier molecular flexibility index (Phi) is 5.85. The Labute approximate surface area is 189 Å². The average molecular weight is 471 g/mol. The predicted molar refractivity (Wildman–Crippen MR) is 123 cm³/mol. The minimum atomic E-state index is -3.64. The van der Waals surface area contributed by atoms with Gasteiger partial charge in [-0.3, -0.25) is 4.79 Å². The van der Waals surface area contributed by atoms with Crippen LogP contribution >= 0.6 is 11.3 Å². The first-order chi connectivity index (χ1) is 15.2. The van der Waals surface area contributed by atoms with Crippen LogP contribution in [0.2, 0.25) is 0 Å². The summed E-state index contributed by atoms with van der Waals surface area (Å²) in [6.45, 7) is 3.79. The van der Waals surface area contributed by atoms with Crippen molar-refractivity contribution < 1.29 is 17.7 Å². The van der Waals surface area contributed by atoms with Gasteiger partial charge in [0.25, 0.3) is 11.6 Å².